The van der Waals surface area contributed by atoms with Crippen molar-refractivity contribution < 1.29 is 32.6 Å². The summed E-state index contributed by atoms with van der Waals surface area (Å²) >= 11 is 0. The summed E-state index contributed by atoms with van der Waals surface area (Å²) in [4.78, 5) is 51.6. The third-order valence-corrected chi connectivity index (χ3v) is 5.36. The number of nitrogens with zero attached hydrogens (tertiary/aromatic N) is 1. The van der Waals surface area contributed by atoms with E-state index in [0.29, 0.717) is 16.6 Å². The van der Waals surface area contributed by atoms with E-state index in [2.05, 4.69) is 20.4 Å². The summed E-state index contributed by atoms with van der Waals surface area (Å²) in [5.41, 5.74) is 5.62. The van der Waals surface area contributed by atoms with Gasteiger partial charge in [0, 0.05) is 17.3 Å². The average Bonchev–Trinajstić information content (AvgIpc) is 3.29. The maximum Gasteiger partial charge on any atom is 0.407 e. The Morgan fingerprint density at radius 1 is 1.21 bits per heavy atom. The molecular weight excluding hydrogens is 504 g/mol. The van der Waals surface area contributed by atoms with Crippen LogP contribution in [0.4, 0.5) is 19.3 Å². The topological polar surface area (TPSA) is 158 Å². The number of hydrogen-bond acceptors (Lipinski definition) is 6. The molecule has 1 aromatic carbocycles. The van der Waals surface area contributed by atoms with E-state index in [1.807, 2.05) is 0 Å². The Labute approximate surface area is 215 Å². The van der Waals surface area contributed by atoms with Crippen LogP contribution in [-0.2, 0) is 20.9 Å². The number of alkyl carbamates (subject to hydrolysis) is 1. The Hall–Kier alpha value is -4.68. The number of methoxy groups -OCH3 is 1. The third-order valence-electron chi connectivity index (χ3n) is 5.36. The number of nitrogens with two attached hydrogens (primary N) is 1. The van der Waals surface area contributed by atoms with Crippen molar-refractivity contribution in [3.63, 3.8) is 0 Å². The van der Waals surface area contributed by atoms with Crippen molar-refractivity contribution >= 4 is 34.5 Å². The molecule has 2 heterocycles. The number of amides is 3. The maximum absolute atomic E-state index is 13.1. The van der Waals surface area contributed by atoms with Crippen LogP contribution in [0.5, 0.6) is 5.75 Å². The quantitative estimate of drug-likeness (QED) is 0.263. The number of alkyl halides is 2. The lowest BCUT2D eigenvalue weighted by molar-refractivity contribution is -0.118. The fourth-order valence-electron chi connectivity index (χ4n) is 3.64. The van der Waals surface area contributed by atoms with Gasteiger partial charge in [-0.05, 0) is 43.2 Å². The number of para-hydroxylation sites is 1. The molecule has 1 atom stereocenters. The summed E-state index contributed by atoms with van der Waals surface area (Å²) in [7, 11) is 1.14. The number of nitrogens with one attached hydrogen (secondary N) is 3. The zero-order valence-corrected chi connectivity index (χ0v) is 20.4. The van der Waals surface area contributed by atoms with E-state index in [0.717, 1.165) is 13.2 Å². The number of halogens is 2. The highest BCUT2D eigenvalue weighted by Gasteiger charge is 2.22. The first kappa shape index (κ1) is 27.9. The fraction of sp³-hybridized carbons (Fsp3) is 0.280. The summed E-state index contributed by atoms with van der Waals surface area (Å²) in [6, 6.07) is 8.69. The van der Waals surface area contributed by atoms with Crippen molar-refractivity contribution in [3.8, 4) is 5.75 Å². The Morgan fingerprint density at radius 2 is 2.00 bits per heavy atom. The summed E-state index contributed by atoms with van der Waals surface area (Å²) in [6.45, 7) is -0.658. The van der Waals surface area contributed by atoms with Gasteiger partial charge in [-0.3, -0.25) is 14.4 Å². The number of aromatic nitrogens is 2. The Morgan fingerprint density at radius 3 is 2.71 bits per heavy atom. The second-order valence-corrected chi connectivity index (χ2v) is 8.13. The van der Waals surface area contributed by atoms with Gasteiger partial charge in [0.1, 0.15) is 24.1 Å². The normalized spacial score (nSPS) is 12.0. The number of fused-ring (bicyclic) bond motifs is 1. The number of hydrogen-bond donors (Lipinski definition) is 4. The second kappa shape index (κ2) is 13.0. The first-order valence-electron chi connectivity index (χ1n) is 11.5. The van der Waals surface area contributed by atoms with Gasteiger partial charge in [-0.2, -0.15) is 0 Å². The Kier molecular flexibility index (Phi) is 9.57. The molecule has 3 aromatic rings. The lowest BCUT2D eigenvalue weighted by atomic mass is 10.1. The first-order valence-corrected chi connectivity index (χ1v) is 11.5. The number of ether oxygens (including phenoxy) is 2. The van der Waals surface area contributed by atoms with Crippen molar-refractivity contribution in [2.45, 2.75) is 31.9 Å². The van der Waals surface area contributed by atoms with E-state index in [1.54, 1.807) is 30.3 Å². The molecule has 0 spiro atoms. The van der Waals surface area contributed by atoms with E-state index in [-0.39, 0.29) is 30.8 Å². The monoisotopic (exact) mass is 531 g/mol. The van der Waals surface area contributed by atoms with Gasteiger partial charge in [-0.25, -0.2) is 13.6 Å². The highest BCUT2D eigenvalue weighted by Crippen LogP contribution is 2.26. The molecule has 0 saturated carbocycles. The summed E-state index contributed by atoms with van der Waals surface area (Å²) in [6.07, 6.45) is 1.01. The molecule has 0 aliphatic rings. The van der Waals surface area contributed by atoms with Crippen LogP contribution >= 0.6 is 0 Å². The van der Waals surface area contributed by atoms with Crippen LogP contribution in [-0.4, -0.2) is 53.6 Å². The van der Waals surface area contributed by atoms with Gasteiger partial charge >= 0.3 is 6.09 Å². The van der Waals surface area contributed by atoms with Gasteiger partial charge in [-0.15, -0.1) is 0 Å². The molecule has 13 heteroatoms. The second-order valence-electron chi connectivity index (χ2n) is 8.13. The van der Waals surface area contributed by atoms with Gasteiger partial charge in [0.2, 0.25) is 11.8 Å². The standard InChI is InChI=1S/C25H27F2N5O6/c1-37-25(36)31-17(7-2-3-10-21(28)33)23(34)30-18-8-5-11-32(24(18)35)13-16-12-15-6-4-9-19(22(15)29-16)38-14-20(26)27/h3-6,8-12,17,20,29H,2,7,13-14H2,1H3,(H2,28,33)(H,30,34)(H,31,36). The molecule has 202 valence electrons. The number of rotatable bonds is 12. The minimum Gasteiger partial charge on any atom is -0.485 e. The highest BCUT2D eigenvalue weighted by molar-refractivity contribution is 5.96. The molecular formula is C25H27F2N5O6. The number of carbonyl (C=O) groups is 3. The minimum absolute atomic E-state index is 0.0288. The number of aromatic amines is 1. The summed E-state index contributed by atoms with van der Waals surface area (Å²) in [5, 5.41) is 5.62. The molecule has 38 heavy (non-hydrogen) atoms. The molecule has 0 bridgehead atoms. The van der Waals surface area contributed by atoms with Crippen molar-refractivity contribution in [1.82, 2.24) is 14.9 Å². The molecule has 0 aliphatic heterocycles. The average molecular weight is 532 g/mol. The number of benzene rings is 1. The molecule has 5 N–H and O–H groups in total. The molecule has 11 nitrogen and oxygen atoms in total. The van der Waals surface area contributed by atoms with Crippen molar-refractivity contribution in [2.75, 3.05) is 19.0 Å². The third kappa shape index (κ3) is 7.66. The zero-order chi connectivity index (χ0) is 27.7. The van der Waals surface area contributed by atoms with Gasteiger partial charge in [-0.1, -0.05) is 18.2 Å². The predicted molar refractivity (Wildman–Crippen MR) is 135 cm³/mol. The SMILES string of the molecule is COC(=O)NC(CCC=CC(N)=O)C(=O)Nc1cccn(Cc2cc3cccc(OCC(F)F)c3[nH]2)c1=O. The summed E-state index contributed by atoms with van der Waals surface area (Å²) < 4.78 is 36.2. The number of anilines is 1. The largest absolute Gasteiger partial charge is 0.485 e. The smallest absolute Gasteiger partial charge is 0.407 e. The Bertz CT molecular complexity index is 1380. The predicted octanol–water partition coefficient (Wildman–Crippen LogP) is 2.51. The van der Waals surface area contributed by atoms with E-state index < -0.39 is 42.5 Å². The number of allylic oxidation sites excluding steroid dienone is 1. The number of H-pyrrole nitrogens is 1. The van der Waals surface area contributed by atoms with Crippen LogP contribution in [0.3, 0.4) is 0 Å². The minimum atomic E-state index is -2.62. The Balaban J connectivity index is 1.76. The molecule has 0 aliphatic carbocycles. The lowest BCUT2D eigenvalue weighted by Crippen LogP contribution is -2.44. The van der Waals surface area contributed by atoms with Gasteiger partial charge < -0.3 is 35.4 Å². The molecule has 3 amide bonds. The van der Waals surface area contributed by atoms with E-state index in [4.69, 9.17) is 10.5 Å². The van der Waals surface area contributed by atoms with Crippen LogP contribution in [0.15, 0.2) is 59.5 Å². The molecule has 0 fully saturated rings. The van der Waals surface area contributed by atoms with Crippen molar-refractivity contribution in [2.24, 2.45) is 5.73 Å². The lowest BCUT2D eigenvalue weighted by Gasteiger charge is -2.17. The molecule has 3 rings (SSSR count). The summed E-state index contributed by atoms with van der Waals surface area (Å²) in [5.74, 6) is -1.05. The molecule has 2 aromatic heterocycles. The molecule has 1 unspecified atom stereocenters. The number of pyridine rings is 1. The number of primary amides is 1. The van der Waals surface area contributed by atoms with Crippen LogP contribution in [0.2, 0.25) is 0 Å². The number of carbonyl (C=O) groups excluding carboxylic acids is 3. The van der Waals surface area contributed by atoms with E-state index >= 15 is 0 Å². The molecule has 0 radical (unpaired) electrons. The fourth-order valence-corrected chi connectivity index (χ4v) is 3.64. The van der Waals surface area contributed by atoms with Crippen LogP contribution in [0.25, 0.3) is 10.9 Å². The zero-order valence-electron chi connectivity index (χ0n) is 20.4. The van der Waals surface area contributed by atoms with Gasteiger partial charge in [0.05, 0.1) is 19.2 Å². The first-order chi connectivity index (χ1) is 18.2. The van der Waals surface area contributed by atoms with Crippen LogP contribution < -0.4 is 26.7 Å². The van der Waals surface area contributed by atoms with Crippen molar-refractivity contribution in [1.29, 1.82) is 0 Å². The maximum atomic E-state index is 13.1. The van der Waals surface area contributed by atoms with E-state index in [9.17, 15) is 28.0 Å². The van der Waals surface area contributed by atoms with Crippen LogP contribution in [0.1, 0.15) is 18.5 Å². The van der Waals surface area contributed by atoms with Crippen LogP contribution in [0, 0.1) is 0 Å². The van der Waals surface area contributed by atoms with E-state index in [1.165, 1.54) is 22.9 Å². The molecule has 0 saturated heterocycles. The van der Waals surface area contributed by atoms with Crippen molar-refractivity contribution in [3.05, 3.63) is 70.8 Å². The van der Waals surface area contributed by atoms with Gasteiger partial charge in [0.25, 0.3) is 12.0 Å². The van der Waals surface area contributed by atoms with Gasteiger partial charge in [0.15, 0.2) is 0 Å². The highest BCUT2D eigenvalue weighted by atomic mass is 19.3.